The lowest BCUT2D eigenvalue weighted by molar-refractivity contribution is -0.318. The molecule has 0 radical (unpaired) electrons. The van der Waals surface area contributed by atoms with Crippen LogP contribution in [0, 0.1) is 17.8 Å². The Morgan fingerprint density at radius 1 is 0.950 bits per heavy atom. The van der Waals surface area contributed by atoms with E-state index in [0.717, 1.165) is 6.54 Å². The molecule has 3 fully saturated rings. The lowest BCUT2D eigenvalue weighted by Gasteiger charge is -2.48. The second kappa shape index (κ2) is 21.9. The van der Waals surface area contributed by atoms with E-state index in [0.29, 0.717) is 19.5 Å². The molecule has 60 heavy (non-hydrogen) atoms. The Morgan fingerprint density at radius 3 is 2.15 bits per heavy atom. The average molecular weight is 862 g/mol. The number of carbonyl (C=O) groups is 2. The number of methoxy groups -OCH3 is 1. The van der Waals surface area contributed by atoms with E-state index in [4.69, 9.17) is 33.2 Å². The molecule has 0 unspecified atom stereocenters. The van der Waals surface area contributed by atoms with Crippen LogP contribution in [-0.2, 0) is 42.7 Å². The first-order valence-electron chi connectivity index (χ1n) is 22.2. The number of nitrogens with zero attached hydrogens (tertiary/aromatic N) is 3. The second-order valence-electron chi connectivity index (χ2n) is 19.3. The quantitative estimate of drug-likeness (QED) is 0.210. The monoisotopic (exact) mass is 862 g/mol. The van der Waals surface area contributed by atoms with Gasteiger partial charge in [-0.3, -0.25) is 14.5 Å². The zero-order chi connectivity index (χ0) is 45.7. The zero-order valence-corrected chi connectivity index (χ0v) is 39.6. The van der Waals surface area contributed by atoms with Gasteiger partial charge >= 0.3 is 11.9 Å². The maximum absolute atomic E-state index is 14.6. The van der Waals surface area contributed by atoms with Gasteiger partial charge in [0.15, 0.2) is 12.6 Å². The molecule has 3 rings (SSSR count). The summed E-state index contributed by atoms with van der Waals surface area (Å²) in [5.74, 6) is -3.21. The third kappa shape index (κ3) is 12.8. The normalized spacial score (nSPS) is 44.6. The molecule has 3 aliphatic heterocycles. The van der Waals surface area contributed by atoms with Gasteiger partial charge in [-0.15, -0.1) is 0 Å². The fraction of sp³-hybridized carbons (Fsp3) is 0.955. The molecule has 0 bridgehead atoms. The van der Waals surface area contributed by atoms with Gasteiger partial charge in [0.1, 0.15) is 30.0 Å². The minimum absolute atomic E-state index is 0.104. The van der Waals surface area contributed by atoms with Crippen molar-refractivity contribution in [1.29, 1.82) is 0 Å². The number of hydrogen-bond donors (Lipinski definition) is 4. The standard InChI is InChI=1S/C44H83N3O13/c1-17-32-44(11,53)39(58-33(48)19-20-46(14)18-2)29(7)47(15)24-25(3)22-42(9,52)38(60-41-35(49)31(45(12)13)21-26(4)55-41)27(5)36(28(6)40(51)57-32)59-34-23-43(10,54-16)37(50)30(8)56-34/h25-32,34-39,41,49-50,52-53H,17-24H2,1-16H3/t25-,26-,27+,28-,29-,30+,31+,32-,34+,35-,36+,37+,38-,39-,41+,42+,43-,44-/m1/s1. The Labute approximate surface area is 360 Å². The molecule has 3 saturated heterocycles. The molecule has 352 valence electrons. The van der Waals surface area contributed by atoms with Gasteiger partial charge in [-0.1, -0.05) is 27.7 Å². The summed E-state index contributed by atoms with van der Waals surface area (Å²) < 4.78 is 44.2. The van der Waals surface area contributed by atoms with E-state index in [1.54, 1.807) is 34.6 Å². The molecule has 0 aromatic carbocycles. The fourth-order valence-corrected chi connectivity index (χ4v) is 9.58. The van der Waals surface area contributed by atoms with Gasteiger partial charge in [-0.05, 0) is 108 Å². The van der Waals surface area contributed by atoms with Crippen LogP contribution in [0.4, 0.5) is 0 Å². The van der Waals surface area contributed by atoms with Crippen LogP contribution in [0.3, 0.4) is 0 Å². The number of ether oxygens (including phenoxy) is 7. The lowest BCUT2D eigenvalue weighted by atomic mass is 9.77. The van der Waals surface area contributed by atoms with E-state index < -0.39 is 102 Å². The third-order valence-corrected chi connectivity index (χ3v) is 13.7. The minimum Gasteiger partial charge on any atom is -0.459 e. The first kappa shape index (κ1) is 52.8. The van der Waals surface area contributed by atoms with E-state index in [2.05, 4.69) is 0 Å². The van der Waals surface area contributed by atoms with Crippen molar-refractivity contribution in [1.82, 2.24) is 14.7 Å². The van der Waals surface area contributed by atoms with Gasteiger partial charge in [0, 0.05) is 44.6 Å². The summed E-state index contributed by atoms with van der Waals surface area (Å²) in [6.07, 6.45) is -8.27. The fourth-order valence-electron chi connectivity index (χ4n) is 9.58. The van der Waals surface area contributed by atoms with Crippen LogP contribution in [0.1, 0.15) is 108 Å². The Balaban J connectivity index is 2.19. The maximum Gasteiger partial charge on any atom is 0.311 e. The Morgan fingerprint density at radius 2 is 1.58 bits per heavy atom. The molecule has 4 N–H and O–H groups in total. The number of rotatable bonds is 12. The van der Waals surface area contributed by atoms with Crippen molar-refractivity contribution in [2.45, 2.75) is 199 Å². The highest BCUT2D eigenvalue weighted by molar-refractivity contribution is 5.73. The molecule has 0 spiro atoms. The number of esters is 2. The van der Waals surface area contributed by atoms with E-state index in [1.165, 1.54) is 14.0 Å². The molecule has 0 aromatic heterocycles. The first-order chi connectivity index (χ1) is 27.7. The highest BCUT2D eigenvalue weighted by atomic mass is 16.7. The molecule has 0 aliphatic carbocycles. The summed E-state index contributed by atoms with van der Waals surface area (Å²) >= 11 is 0. The SMILES string of the molecule is CC[C@H]1OC(=O)[C@H](C)[C@@H](O[C@H]2C[C@@](C)(OC)[C@@H](O)[C@H](C)O2)[C@H](C)[C@@H](O[C@@H]2O[C@H](C)C[C@H](N(C)C)[C@H]2O)[C@@](C)(O)C[C@@H](C)CN(C)[C@H](C)[C@@H](OC(=O)CCN(C)CC)[C@]1(C)O. The van der Waals surface area contributed by atoms with Gasteiger partial charge in [-0.2, -0.15) is 0 Å². The molecule has 0 amide bonds. The van der Waals surface area contributed by atoms with Crippen molar-refractivity contribution >= 4 is 11.9 Å². The van der Waals surface area contributed by atoms with Crippen molar-refractivity contribution in [2.75, 3.05) is 54.9 Å². The van der Waals surface area contributed by atoms with Gasteiger partial charge in [-0.25, -0.2) is 0 Å². The van der Waals surface area contributed by atoms with Crippen LogP contribution in [-0.4, -0.2) is 192 Å². The van der Waals surface area contributed by atoms with Gasteiger partial charge in [0.2, 0.25) is 0 Å². The Kier molecular flexibility index (Phi) is 19.3. The maximum atomic E-state index is 14.6. The summed E-state index contributed by atoms with van der Waals surface area (Å²) in [7, 11) is 9.06. The number of hydrogen-bond acceptors (Lipinski definition) is 16. The first-order valence-corrected chi connectivity index (χ1v) is 22.2. The summed E-state index contributed by atoms with van der Waals surface area (Å²) in [6.45, 7) is 21.4. The molecular weight excluding hydrogens is 778 g/mol. The van der Waals surface area contributed by atoms with Gasteiger partial charge in [0.25, 0.3) is 0 Å². The summed E-state index contributed by atoms with van der Waals surface area (Å²) in [6, 6.07) is -0.844. The third-order valence-electron chi connectivity index (χ3n) is 13.7. The highest BCUT2D eigenvalue weighted by Crippen LogP contribution is 2.40. The number of aliphatic hydroxyl groups is 4. The molecule has 18 atom stereocenters. The topological polar surface area (TPSA) is 189 Å². The van der Waals surface area contributed by atoms with Crippen LogP contribution >= 0.6 is 0 Å². The van der Waals surface area contributed by atoms with E-state index in [9.17, 15) is 30.0 Å². The molecule has 16 nitrogen and oxygen atoms in total. The van der Waals surface area contributed by atoms with Crippen molar-refractivity contribution in [3.8, 4) is 0 Å². The Hall–Kier alpha value is -1.54. The van der Waals surface area contributed by atoms with Crippen molar-refractivity contribution in [3.05, 3.63) is 0 Å². The second-order valence-corrected chi connectivity index (χ2v) is 19.3. The largest absolute Gasteiger partial charge is 0.459 e. The number of likely N-dealkylation sites (N-methyl/N-ethyl adjacent to an activating group) is 2. The van der Waals surface area contributed by atoms with Crippen LogP contribution in [0.2, 0.25) is 0 Å². The minimum atomic E-state index is -1.83. The average Bonchev–Trinajstić information content (AvgIpc) is 3.17. The van der Waals surface area contributed by atoms with Crippen LogP contribution in [0.5, 0.6) is 0 Å². The smallest absolute Gasteiger partial charge is 0.311 e. The van der Waals surface area contributed by atoms with E-state index in [1.807, 2.05) is 77.5 Å². The predicted octanol–water partition coefficient (Wildman–Crippen LogP) is 2.79. The lowest BCUT2D eigenvalue weighted by Crippen LogP contribution is -2.61. The summed E-state index contributed by atoms with van der Waals surface area (Å²) in [4.78, 5) is 33.9. The van der Waals surface area contributed by atoms with Crippen LogP contribution in [0.15, 0.2) is 0 Å². The molecule has 3 aliphatic rings. The van der Waals surface area contributed by atoms with Crippen LogP contribution in [0.25, 0.3) is 0 Å². The van der Waals surface area contributed by atoms with E-state index in [-0.39, 0.29) is 43.7 Å². The summed E-state index contributed by atoms with van der Waals surface area (Å²) in [5, 5.41) is 47.8. The number of cyclic esters (lactones) is 1. The number of carbonyl (C=O) groups excluding carboxylic acids is 2. The van der Waals surface area contributed by atoms with Gasteiger partial charge < -0.3 is 63.4 Å². The molecule has 3 heterocycles. The highest BCUT2D eigenvalue weighted by Gasteiger charge is 2.53. The summed E-state index contributed by atoms with van der Waals surface area (Å²) in [5.41, 5.74) is -4.48. The van der Waals surface area contributed by atoms with Crippen molar-refractivity contribution in [2.24, 2.45) is 17.8 Å². The molecule has 16 heteroatoms. The molecular formula is C44H83N3O13. The molecule has 0 aromatic rings. The van der Waals surface area contributed by atoms with Crippen LogP contribution < -0.4 is 0 Å². The molecule has 0 saturated carbocycles. The Bertz CT molecular complexity index is 1360. The number of aliphatic hydroxyl groups excluding tert-OH is 2. The zero-order valence-electron chi connectivity index (χ0n) is 39.6. The van der Waals surface area contributed by atoms with Gasteiger partial charge in [0.05, 0.1) is 48.0 Å². The predicted molar refractivity (Wildman–Crippen MR) is 226 cm³/mol. The van der Waals surface area contributed by atoms with Crippen molar-refractivity contribution < 1.29 is 63.2 Å². The van der Waals surface area contributed by atoms with E-state index >= 15 is 0 Å². The van der Waals surface area contributed by atoms with Crippen molar-refractivity contribution in [3.63, 3.8) is 0 Å².